The van der Waals surface area contributed by atoms with E-state index in [0.717, 1.165) is 34.7 Å². The number of nitrogens with zero attached hydrogens (tertiary/aromatic N) is 2. The van der Waals surface area contributed by atoms with Crippen LogP contribution in [0.4, 0.5) is 28.9 Å². The van der Waals surface area contributed by atoms with Crippen molar-refractivity contribution in [2.45, 2.75) is 96.6 Å². The molecule has 1 aliphatic heterocycles. The van der Waals surface area contributed by atoms with E-state index in [1.807, 2.05) is 35.6 Å². The monoisotopic (exact) mass is 1110 g/mol. The molecule has 0 radical (unpaired) electrons. The Morgan fingerprint density at radius 1 is 0.971 bits per heavy atom. The second-order valence-electron chi connectivity index (χ2n) is 18.2. The van der Waals surface area contributed by atoms with Gasteiger partial charge in [0.25, 0.3) is 17.7 Å². The predicted molar refractivity (Wildman–Crippen MR) is 262 cm³/mol. The largest absolute Gasteiger partial charge is 0.483 e. The number of aryl methyl sites for hydroxylation is 1. The molecule has 3 atom stereocenters. The lowest BCUT2D eigenvalue weighted by Crippen LogP contribution is -2.59. The van der Waals surface area contributed by atoms with Gasteiger partial charge in [0.2, 0.25) is 11.8 Å². The zero-order valence-corrected chi connectivity index (χ0v) is 42.1. The number of carbonyl (C=O) groups excluding carboxylic acids is 5. The van der Waals surface area contributed by atoms with Crippen LogP contribution in [0.1, 0.15) is 80.9 Å². The second-order valence-corrected chi connectivity index (χ2v) is 20.3. The van der Waals surface area contributed by atoms with E-state index in [2.05, 4.69) is 37.0 Å². The van der Waals surface area contributed by atoms with Gasteiger partial charge in [0.1, 0.15) is 23.7 Å². The smallest absolute Gasteiger partial charge is 0.277 e. The van der Waals surface area contributed by atoms with Gasteiger partial charge in [0.05, 0.1) is 45.7 Å². The van der Waals surface area contributed by atoms with Crippen LogP contribution in [0.25, 0.3) is 10.4 Å². The molecule has 2 fully saturated rings. The molecule has 1 aliphatic carbocycles. The normalized spacial score (nSPS) is 16.6. The number of unbranched alkanes of at least 4 members (excludes halogenated alkanes) is 1. The van der Waals surface area contributed by atoms with Crippen LogP contribution in [0.15, 0.2) is 54.0 Å². The lowest BCUT2D eigenvalue weighted by Gasteiger charge is -2.35. The molecule has 0 bridgehead atoms. The first-order valence-electron chi connectivity index (χ1n) is 22.8. The number of halogens is 5. The lowest BCUT2D eigenvalue weighted by atomic mass is 9.85. The molecule has 7 N–H and O–H groups in total. The fourth-order valence-electron chi connectivity index (χ4n) is 7.52. The molecule has 1 unspecified atom stereocenters. The predicted octanol–water partition coefficient (Wildman–Crippen LogP) is 6.11. The maximum absolute atomic E-state index is 14.7. The van der Waals surface area contributed by atoms with Gasteiger partial charge in [0, 0.05) is 35.2 Å². The highest BCUT2D eigenvalue weighted by molar-refractivity contribution is 14.1. The van der Waals surface area contributed by atoms with Gasteiger partial charge in [-0.3, -0.25) is 28.8 Å². The highest BCUT2D eigenvalue weighted by Crippen LogP contribution is 2.41. The molecule has 22 heteroatoms. The molecule has 6 rings (SSSR count). The molecular formula is C48H57F4IN8O8S. The molecule has 5 amide bonds. The third-order valence-electron chi connectivity index (χ3n) is 11.6. The number of aliphatic hydroxyl groups excluding tert-OH is 1. The zero-order valence-electron chi connectivity index (χ0n) is 39.1. The van der Waals surface area contributed by atoms with E-state index in [1.165, 1.54) is 28.4 Å². The molecule has 70 heavy (non-hydrogen) atoms. The Morgan fingerprint density at radius 3 is 2.41 bits per heavy atom. The molecule has 2 aliphatic rings. The minimum Gasteiger partial charge on any atom is -0.483 e. The number of thiazole rings is 1. The van der Waals surface area contributed by atoms with E-state index >= 15 is 0 Å². The second kappa shape index (κ2) is 24.1. The van der Waals surface area contributed by atoms with Crippen molar-refractivity contribution in [2.24, 2.45) is 5.41 Å². The van der Waals surface area contributed by atoms with Gasteiger partial charge < -0.3 is 41.3 Å². The van der Waals surface area contributed by atoms with E-state index in [4.69, 9.17) is 9.57 Å². The first kappa shape index (κ1) is 53.9. The summed E-state index contributed by atoms with van der Waals surface area (Å²) < 4.78 is 64.4. The molecule has 0 spiro atoms. The third-order valence-corrected chi connectivity index (χ3v) is 13.3. The van der Waals surface area contributed by atoms with Crippen LogP contribution in [0.3, 0.4) is 0 Å². The summed E-state index contributed by atoms with van der Waals surface area (Å²) in [6, 6.07) is 9.13. The number of carbonyl (C=O) groups is 5. The Bertz CT molecular complexity index is 2540. The van der Waals surface area contributed by atoms with Crippen molar-refractivity contribution < 1.29 is 56.2 Å². The summed E-state index contributed by atoms with van der Waals surface area (Å²) in [4.78, 5) is 77.7. The number of hydrogen-bond acceptors (Lipinski definition) is 12. The van der Waals surface area contributed by atoms with Crippen LogP contribution in [-0.4, -0.2) is 108 Å². The SMILES string of the molecule is Cc1ncsc1-c1ccc(CNC(=O)C2C[C@@H](O)CN2C(=O)[C@@H](NC(=O)C2(F)CC2)C(C)(C)C)c(OCC(=O)NCCCCNCCCONC(=O)c2ccc(F)c(F)c2Nc2ccc(I)cc2F)c1. The van der Waals surface area contributed by atoms with Gasteiger partial charge in [0.15, 0.2) is 23.9 Å². The fraction of sp³-hybridized carbons (Fsp3) is 0.458. The maximum atomic E-state index is 14.7. The molecule has 16 nitrogen and oxygen atoms in total. The molecule has 4 aromatic rings. The summed E-state index contributed by atoms with van der Waals surface area (Å²) in [5.74, 6) is -6.18. The van der Waals surface area contributed by atoms with Crippen LogP contribution < -0.4 is 36.8 Å². The minimum absolute atomic E-state index is 0.0400. The molecule has 3 aromatic carbocycles. The summed E-state index contributed by atoms with van der Waals surface area (Å²) in [5.41, 5.74) is 2.26. The topological polar surface area (TPSA) is 212 Å². The average Bonchev–Trinajstić information content (AvgIpc) is 3.72. The average molecular weight is 1110 g/mol. The van der Waals surface area contributed by atoms with Crippen LogP contribution in [0, 0.1) is 33.4 Å². The van der Waals surface area contributed by atoms with Crippen LogP contribution >= 0.6 is 33.9 Å². The van der Waals surface area contributed by atoms with Gasteiger partial charge in [-0.1, -0.05) is 32.9 Å². The minimum atomic E-state index is -2.01. The Morgan fingerprint density at radius 2 is 1.71 bits per heavy atom. The number of hydrogen-bond donors (Lipinski definition) is 7. The Hall–Kier alpha value is -5.43. The number of hydroxylamine groups is 1. The van der Waals surface area contributed by atoms with Crippen molar-refractivity contribution in [3.8, 4) is 16.2 Å². The van der Waals surface area contributed by atoms with Gasteiger partial charge in [-0.15, -0.1) is 11.3 Å². The zero-order chi connectivity index (χ0) is 50.8. The highest BCUT2D eigenvalue weighted by atomic mass is 127. The number of aromatic nitrogens is 1. The molecular weight excluding hydrogens is 1050 g/mol. The summed E-state index contributed by atoms with van der Waals surface area (Å²) in [7, 11) is 0. The summed E-state index contributed by atoms with van der Waals surface area (Å²) in [6.45, 7) is 8.16. The number of benzene rings is 3. The van der Waals surface area contributed by atoms with Crippen LogP contribution in [-0.2, 0) is 30.6 Å². The van der Waals surface area contributed by atoms with Crippen LogP contribution in [0.2, 0.25) is 0 Å². The first-order valence-corrected chi connectivity index (χ1v) is 24.7. The first-order chi connectivity index (χ1) is 33.2. The number of nitrogens with one attached hydrogen (secondary N) is 6. The van der Waals surface area contributed by atoms with Gasteiger partial charge in [-0.25, -0.2) is 28.0 Å². The summed E-state index contributed by atoms with van der Waals surface area (Å²) in [6.07, 6.45) is 0.965. The number of anilines is 2. The standard InChI is InChI=1S/C48H57F4IN8O8S/c1-27-41(70-26-57-27)28-8-9-29(23-56-44(65)36-22-31(62)24-61(36)45(66)42(47(2,3)4)59-46(67)48(52)14-15-48)37(20-28)68-25-38(63)55-18-6-5-16-54-17-7-19-69-60-43(64)32-11-12-33(49)39(51)40(32)58-35-13-10-30(53)21-34(35)50/h8-13,20-21,26,31,36,42,54,58,62H,5-7,14-19,22-25H2,1-4H3,(H,55,63)(H,56,65)(H,59,67)(H,60,64)/t31-,36?,42-/m1/s1. The number of rotatable bonds is 23. The van der Waals surface area contributed by atoms with E-state index in [0.29, 0.717) is 47.4 Å². The van der Waals surface area contributed by atoms with E-state index in [9.17, 15) is 46.6 Å². The number of likely N-dealkylation sites (tertiary alicyclic amines) is 1. The van der Waals surface area contributed by atoms with Crippen molar-refractivity contribution in [3.63, 3.8) is 0 Å². The molecule has 2 heterocycles. The molecule has 1 saturated carbocycles. The van der Waals surface area contributed by atoms with Gasteiger partial charge in [-0.05, 0) is 122 Å². The molecule has 378 valence electrons. The lowest BCUT2D eigenvalue weighted by molar-refractivity contribution is -0.145. The van der Waals surface area contributed by atoms with Crippen LogP contribution in [0.5, 0.6) is 5.75 Å². The number of β-amino-alcohol motifs (C(OH)–C–C–N with tert-alkyl or cyclic N) is 1. The Kier molecular flexibility index (Phi) is 18.6. The number of ether oxygens (including phenoxy) is 1. The number of amides is 5. The Labute approximate surface area is 420 Å². The molecule has 1 saturated heterocycles. The van der Waals surface area contributed by atoms with E-state index in [-0.39, 0.29) is 62.7 Å². The third kappa shape index (κ3) is 14.3. The Balaban J connectivity index is 0.922. The quantitative estimate of drug-likeness (QED) is 0.0195. The molecule has 1 aromatic heterocycles. The van der Waals surface area contributed by atoms with E-state index < -0.39 is 76.0 Å². The number of aliphatic hydroxyl groups is 1. The van der Waals surface area contributed by atoms with Gasteiger partial charge in [-0.2, -0.15) is 0 Å². The van der Waals surface area contributed by atoms with Crippen molar-refractivity contribution >= 4 is 74.8 Å². The van der Waals surface area contributed by atoms with Crippen molar-refractivity contribution in [3.05, 3.63) is 91.9 Å². The fourth-order valence-corrected chi connectivity index (χ4v) is 8.78. The van der Waals surface area contributed by atoms with Gasteiger partial charge >= 0.3 is 0 Å². The maximum Gasteiger partial charge on any atom is 0.277 e. The van der Waals surface area contributed by atoms with E-state index in [1.54, 1.807) is 44.5 Å². The van der Waals surface area contributed by atoms with Crippen molar-refractivity contribution in [2.75, 3.05) is 44.7 Å². The summed E-state index contributed by atoms with van der Waals surface area (Å²) >= 11 is 3.34. The number of alkyl halides is 1. The van der Waals surface area contributed by atoms with Crippen molar-refractivity contribution in [1.82, 2.24) is 36.6 Å². The van der Waals surface area contributed by atoms with Crippen molar-refractivity contribution in [1.29, 1.82) is 0 Å². The summed E-state index contributed by atoms with van der Waals surface area (Å²) in [5, 5.41) is 24.5. The highest BCUT2D eigenvalue weighted by Gasteiger charge is 2.53.